The SMILES string of the molecule is COCC[Si](C)(C)OC. The van der Waals surface area contributed by atoms with Crippen molar-refractivity contribution in [3.05, 3.63) is 0 Å². The van der Waals surface area contributed by atoms with Crippen LogP contribution in [0.4, 0.5) is 0 Å². The zero-order valence-corrected chi connectivity index (χ0v) is 7.73. The molecule has 0 unspecified atom stereocenters. The fourth-order valence-electron chi connectivity index (χ4n) is 0.450. The molecule has 0 aliphatic carbocycles. The van der Waals surface area contributed by atoms with Gasteiger partial charge in [0.1, 0.15) is 0 Å². The van der Waals surface area contributed by atoms with Crippen LogP contribution in [-0.4, -0.2) is 29.1 Å². The average molecular weight is 148 g/mol. The molecule has 0 saturated heterocycles. The first-order chi connectivity index (χ1) is 4.12. The van der Waals surface area contributed by atoms with Crippen LogP contribution < -0.4 is 0 Å². The van der Waals surface area contributed by atoms with Gasteiger partial charge in [0.15, 0.2) is 8.32 Å². The van der Waals surface area contributed by atoms with Crippen LogP contribution in [0, 0.1) is 0 Å². The highest BCUT2D eigenvalue weighted by atomic mass is 28.4. The summed E-state index contributed by atoms with van der Waals surface area (Å²) in [5.41, 5.74) is 0. The monoisotopic (exact) mass is 148 g/mol. The van der Waals surface area contributed by atoms with E-state index in [0.717, 1.165) is 12.7 Å². The van der Waals surface area contributed by atoms with Crippen molar-refractivity contribution in [2.24, 2.45) is 0 Å². The lowest BCUT2D eigenvalue weighted by atomic mass is 10.9. The third-order valence-electron chi connectivity index (χ3n) is 1.46. The summed E-state index contributed by atoms with van der Waals surface area (Å²) in [5, 5.41) is 0. The lowest BCUT2D eigenvalue weighted by molar-refractivity contribution is 0.209. The Balaban J connectivity index is 3.33. The third kappa shape index (κ3) is 4.63. The number of methoxy groups -OCH3 is 1. The quantitative estimate of drug-likeness (QED) is 0.562. The van der Waals surface area contributed by atoms with E-state index in [2.05, 4.69) is 13.1 Å². The van der Waals surface area contributed by atoms with Crippen molar-refractivity contribution < 1.29 is 9.16 Å². The maximum Gasteiger partial charge on any atom is 0.188 e. The fraction of sp³-hybridized carbons (Fsp3) is 1.00. The lowest BCUT2D eigenvalue weighted by Crippen LogP contribution is -2.29. The second-order valence-electron chi connectivity index (χ2n) is 2.71. The van der Waals surface area contributed by atoms with Crippen LogP contribution in [0.3, 0.4) is 0 Å². The van der Waals surface area contributed by atoms with Gasteiger partial charge in [-0.1, -0.05) is 0 Å². The predicted octanol–water partition coefficient (Wildman–Crippen LogP) is 1.48. The second-order valence-corrected chi connectivity index (χ2v) is 7.13. The molecule has 0 N–H and O–H groups in total. The van der Waals surface area contributed by atoms with Crippen molar-refractivity contribution in [3.8, 4) is 0 Å². The summed E-state index contributed by atoms with van der Waals surface area (Å²) in [6.07, 6.45) is 0. The molecule has 0 aliphatic rings. The fourth-order valence-corrected chi connectivity index (χ4v) is 1.35. The summed E-state index contributed by atoms with van der Waals surface area (Å²) < 4.78 is 10.2. The van der Waals surface area contributed by atoms with Crippen LogP contribution >= 0.6 is 0 Å². The minimum Gasteiger partial charge on any atom is -0.420 e. The molecule has 0 aromatic carbocycles. The van der Waals surface area contributed by atoms with Gasteiger partial charge in [0.25, 0.3) is 0 Å². The molecule has 0 aromatic heterocycles. The Kier molecular flexibility index (Phi) is 4.09. The maximum absolute atomic E-state index is 5.30. The van der Waals surface area contributed by atoms with Gasteiger partial charge >= 0.3 is 0 Å². The standard InChI is InChI=1S/C6H16O2Si/c1-7-5-6-9(3,4)8-2/h5-6H2,1-4H3. The van der Waals surface area contributed by atoms with E-state index in [1.165, 1.54) is 0 Å². The van der Waals surface area contributed by atoms with Gasteiger partial charge in [-0.2, -0.15) is 0 Å². The summed E-state index contributed by atoms with van der Waals surface area (Å²) in [7, 11) is 2.18. The number of ether oxygens (including phenoxy) is 1. The molecule has 0 heterocycles. The first-order valence-corrected chi connectivity index (χ1v) is 6.28. The van der Waals surface area contributed by atoms with E-state index < -0.39 is 8.32 Å². The van der Waals surface area contributed by atoms with E-state index in [9.17, 15) is 0 Å². The molecular weight excluding hydrogens is 132 g/mol. The first kappa shape index (κ1) is 9.14. The van der Waals surface area contributed by atoms with Crippen molar-refractivity contribution in [1.29, 1.82) is 0 Å². The van der Waals surface area contributed by atoms with E-state index in [1.807, 2.05) is 0 Å². The number of rotatable bonds is 4. The van der Waals surface area contributed by atoms with E-state index in [1.54, 1.807) is 14.2 Å². The van der Waals surface area contributed by atoms with Gasteiger partial charge in [-0.15, -0.1) is 0 Å². The summed E-state index contributed by atoms with van der Waals surface area (Å²) >= 11 is 0. The topological polar surface area (TPSA) is 18.5 Å². The lowest BCUT2D eigenvalue weighted by Gasteiger charge is -2.18. The van der Waals surface area contributed by atoms with E-state index in [4.69, 9.17) is 9.16 Å². The normalized spacial score (nSPS) is 12.0. The van der Waals surface area contributed by atoms with Gasteiger partial charge < -0.3 is 9.16 Å². The molecule has 0 radical (unpaired) electrons. The van der Waals surface area contributed by atoms with Crippen molar-refractivity contribution >= 4 is 8.32 Å². The third-order valence-corrected chi connectivity index (χ3v) is 3.97. The van der Waals surface area contributed by atoms with Gasteiger partial charge in [-0.05, 0) is 19.1 Å². The Morgan fingerprint density at radius 2 is 1.78 bits per heavy atom. The molecule has 0 bridgehead atoms. The molecule has 0 aliphatic heterocycles. The van der Waals surface area contributed by atoms with Crippen LogP contribution in [0.2, 0.25) is 19.1 Å². The Morgan fingerprint density at radius 1 is 1.22 bits per heavy atom. The van der Waals surface area contributed by atoms with Crippen molar-refractivity contribution in [2.75, 3.05) is 20.8 Å². The molecule has 0 rings (SSSR count). The van der Waals surface area contributed by atoms with Crippen molar-refractivity contribution in [2.45, 2.75) is 19.1 Å². The van der Waals surface area contributed by atoms with Gasteiger partial charge in [0, 0.05) is 20.8 Å². The smallest absolute Gasteiger partial charge is 0.188 e. The Hall–Kier alpha value is 0.137. The van der Waals surface area contributed by atoms with Gasteiger partial charge in [-0.3, -0.25) is 0 Å². The van der Waals surface area contributed by atoms with Crippen LogP contribution in [0.5, 0.6) is 0 Å². The molecule has 0 amide bonds. The highest BCUT2D eigenvalue weighted by Crippen LogP contribution is 2.08. The summed E-state index contributed by atoms with van der Waals surface area (Å²) in [5.74, 6) is 0. The highest BCUT2D eigenvalue weighted by molar-refractivity contribution is 6.71. The van der Waals surface area contributed by atoms with Crippen LogP contribution in [0.1, 0.15) is 0 Å². The molecule has 56 valence electrons. The van der Waals surface area contributed by atoms with Crippen LogP contribution in [-0.2, 0) is 9.16 Å². The largest absolute Gasteiger partial charge is 0.420 e. The minimum atomic E-state index is -1.32. The summed E-state index contributed by atoms with van der Waals surface area (Å²) in [6, 6.07) is 1.08. The molecule has 0 fully saturated rings. The molecule has 9 heavy (non-hydrogen) atoms. The van der Waals surface area contributed by atoms with E-state index in [0.29, 0.717) is 0 Å². The molecule has 3 heteroatoms. The Morgan fingerprint density at radius 3 is 2.11 bits per heavy atom. The van der Waals surface area contributed by atoms with Gasteiger partial charge in [0.2, 0.25) is 0 Å². The van der Waals surface area contributed by atoms with Crippen molar-refractivity contribution in [3.63, 3.8) is 0 Å². The van der Waals surface area contributed by atoms with Crippen molar-refractivity contribution in [1.82, 2.24) is 0 Å². The molecule has 2 nitrogen and oxygen atoms in total. The first-order valence-electron chi connectivity index (χ1n) is 3.16. The minimum absolute atomic E-state index is 0.826. The van der Waals surface area contributed by atoms with Gasteiger partial charge in [-0.25, -0.2) is 0 Å². The van der Waals surface area contributed by atoms with Crippen LogP contribution in [0.25, 0.3) is 0 Å². The highest BCUT2D eigenvalue weighted by Gasteiger charge is 2.19. The molecular formula is C6H16O2Si. The number of hydrogen-bond donors (Lipinski definition) is 0. The zero-order valence-electron chi connectivity index (χ0n) is 6.73. The van der Waals surface area contributed by atoms with Crippen LogP contribution in [0.15, 0.2) is 0 Å². The molecule has 0 aromatic rings. The second kappa shape index (κ2) is 4.03. The van der Waals surface area contributed by atoms with E-state index in [-0.39, 0.29) is 0 Å². The zero-order chi connectivity index (χ0) is 7.33. The molecule has 0 spiro atoms. The Bertz CT molecular complexity index is 73.5. The van der Waals surface area contributed by atoms with E-state index >= 15 is 0 Å². The summed E-state index contributed by atoms with van der Waals surface area (Å²) in [4.78, 5) is 0. The van der Waals surface area contributed by atoms with Gasteiger partial charge in [0.05, 0.1) is 0 Å². The molecule has 0 saturated carbocycles. The number of hydrogen-bond acceptors (Lipinski definition) is 2. The molecule has 0 atom stereocenters. The predicted molar refractivity (Wildman–Crippen MR) is 41.2 cm³/mol. The average Bonchev–Trinajstić information content (AvgIpc) is 1.84. The Labute approximate surface area is 58.3 Å². The maximum atomic E-state index is 5.30. The summed E-state index contributed by atoms with van der Waals surface area (Å²) in [6.45, 7) is 5.20.